The Morgan fingerprint density at radius 1 is 1.24 bits per heavy atom. The fourth-order valence-electron chi connectivity index (χ4n) is 2.77. The maximum atomic E-state index is 12.6. The highest BCUT2D eigenvalue weighted by Gasteiger charge is 2.11. The van der Waals surface area contributed by atoms with Gasteiger partial charge in [0.2, 0.25) is 0 Å². The molecule has 1 aliphatic carbocycles. The highest BCUT2D eigenvalue weighted by Crippen LogP contribution is 2.25. The van der Waals surface area contributed by atoms with Crippen molar-refractivity contribution in [2.75, 3.05) is 0 Å². The Kier molecular flexibility index (Phi) is 6.34. The number of fused-ring (bicyclic) bond motifs is 1. The Bertz CT molecular complexity index is 1230. The van der Waals surface area contributed by atoms with E-state index in [1.807, 2.05) is 12.2 Å². The van der Waals surface area contributed by atoms with Gasteiger partial charge < -0.3 is 10.2 Å². The predicted octanol–water partition coefficient (Wildman–Crippen LogP) is 4.42. The van der Waals surface area contributed by atoms with Crippen LogP contribution in [0.3, 0.4) is 0 Å². The number of thiazole rings is 1. The highest BCUT2D eigenvalue weighted by molar-refractivity contribution is 7.15. The third kappa shape index (κ3) is 4.66. The summed E-state index contributed by atoms with van der Waals surface area (Å²) < 4.78 is 2.07. The van der Waals surface area contributed by atoms with Gasteiger partial charge in [0, 0.05) is 6.20 Å². The van der Waals surface area contributed by atoms with E-state index in [1.54, 1.807) is 22.7 Å². The van der Waals surface area contributed by atoms with E-state index in [0.717, 1.165) is 17.7 Å². The van der Waals surface area contributed by atoms with Crippen LogP contribution in [0, 0.1) is 0 Å². The van der Waals surface area contributed by atoms with Crippen molar-refractivity contribution in [1.82, 2.24) is 9.38 Å². The van der Waals surface area contributed by atoms with Crippen molar-refractivity contribution < 1.29 is 10.2 Å². The quantitative estimate of drug-likeness (QED) is 0.616. The van der Waals surface area contributed by atoms with Gasteiger partial charge in [-0.25, -0.2) is 4.98 Å². The summed E-state index contributed by atoms with van der Waals surface area (Å²) in [5.74, 6) is -0.407. The molecule has 3 aromatic rings. The van der Waals surface area contributed by atoms with Crippen molar-refractivity contribution in [2.24, 2.45) is 0 Å². The van der Waals surface area contributed by atoms with Crippen LogP contribution >= 0.6 is 11.3 Å². The molecule has 2 aromatic heterocycles. The van der Waals surface area contributed by atoms with Gasteiger partial charge in [-0.05, 0) is 42.7 Å². The van der Waals surface area contributed by atoms with Crippen LogP contribution in [0.25, 0.3) is 16.6 Å². The van der Waals surface area contributed by atoms with Gasteiger partial charge in [-0.2, -0.15) is 0 Å². The molecule has 0 spiro atoms. The molecule has 29 heavy (non-hydrogen) atoms. The van der Waals surface area contributed by atoms with Gasteiger partial charge in [0.1, 0.15) is 0 Å². The molecular formula is C23H24N2O3S. The van der Waals surface area contributed by atoms with Crippen LogP contribution in [0.1, 0.15) is 44.9 Å². The second-order valence-electron chi connectivity index (χ2n) is 6.89. The van der Waals surface area contributed by atoms with E-state index in [9.17, 15) is 15.0 Å². The van der Waals surface area contributed by atoms with Crippen molar-refractivity contribution in [3.8, 4) is 11.5 Å². The summed E-state index contributed by atoms with van der Waals surface area (Å²) in [6, 6.07) is 4.45. The maximum Gasteiger partial charge on any atom is 0.274 e. The van der Waals surface area contributed by atoms with Gasteiger partial charge in [0.05, 0.1) is 10.2 Å². The van der Waals surface area contributed by atoms with Crippen LogP contribution in [-0.4, -0.2) is 19.6 Å². The standard InChI is InChI=1S/C20H16N2O3S.C3H8/c1-12-3-2-4-14(7-5-12)15-11-22-19(25)18(26-20(22)21-15)10-13-6-8-16(23)17(24)9-13;1-3-2/h2-4,6-11,23-24H,5H2,1H3;3H2,1-2H3/b18-10-;. The molecule has 2 heterocycles. The van der Waals surface area contributed by atoms with E-state index in [0.29, 0.717) is 15.1 Å². The summed E-state index contributed by atoms with van der Waals surface area (Å²) in [5, 5.41) is 19.0. The second kappa shape index (κ2) is 8.92. The number of hydrogen-bond acceptors (Lipinski definition) is 5. The Labute approximate surface area is 173 Å². The molecule has 150 valence electrons. The average molecular weight is 409 g/mol. The van der Waals surface area contributed by atoms with Gasteiger partial charge in [-0.15, -0.1) is 0 Å². The van der Waals surface area contributed by atoms with E-state index in [1.165, 1.54) is 35.5 Å². The Hall–Kier alpha value is -3.12. The summed E-state index contributed by atoms with van der Waals surface area (Å²) in [4.78, 5) is 17.9. The number of rotatable bonds is 2. The first kappa shape index (κ1) is 20.6. The fourth-order valence-corrected chi connectivity index (χ4v) is 3.72. The Morgan fingerprint density at radius 2 is 2.00 bits per heavy atom. The Balaban J connectivity index is 0.000000755. The summed E-state index contributed by atoms with van der Waals surface area (Å²) in [7, 11) is 0. The van der Waals surface area contributed by atoms with Crippen molar-refractivity contribution >= 4 is 27.9 Å². The summed E-state index contributed by atoms with van der Waals surface area (Å²) in [5.41, 5.74) is 3.54. The SMILES string of the molecule is CC1=CC=CC(c2cn3c(=O)/c(=C/c4ccc(O)c(O)c4)sc3n2)=CC1.CCC. The normalized spacial score (nSPS) is 14.2. The lowest BCUT2D eigenvalue weighted by atomic mass is 10.1. The molecule has 0 fully saturated rings. The molecule has 0 atom stereocenters. The third-order valence-corrected chi connectivity index (χ3v) is 5.18. The fraction of sp³-hybridized carbons (Fsp3) is 0.217. The molecule has 4 rings (SSSR count). The van der Waals surface area contributed by atoms with Crippen LogP contribution in [0.5, 0.6) is 11.5 Å². The lowest BCUT2D eigenvalue weighted by Crippen LogP contribution is -2.22. The smallest absolute Gasteiger partial charge is 0.274 e. The Morgan fingerprint density at radius 3 is 2.69 bits per heavy atom. The van der Waals surface area contributed by atoms with Gasteiger partial charge in [-0.3, -0.25) is 9.20 Å². The minimum atomic E-state index is -0.217. The minimum Gasteiger partial charge on any atom is -0.504 e. The van der Waals surface area contributed by atoms with E-state index < -0.39 is 0 Å². The molecule has 0 saturated carbocycles. The zero-order valence-corrected chi connectivity index (χ0v) is 17.5. The van der Waals surface area contributed by atoms with Crippen LogP contribution in [0.15, 0.2) is 59.1 Å². The average Bonchev–Trinajstić information content (AvgIpc) is 3.12. The molecule has 0 radical (unpaired) electrons. The number of phenolic OH excluding ortho intramolecular Hbond substituents is 2. The summed E-state index contributed by atoms with van der Waals surface area (Å²) in [6.07, 6.45) is 13.7. The zero-order chi connectivity index (χ0) is 21.0. The molecule has 2 N–H and O–H groups in total. The molecule has 0 aliphatic heterocycles. The van der Waals surface area contributed by atoms with Crippen LogP contribution in [0.4, 0.5) is 0 Å². The van der Waals surface area contributed by atoms with Crippen molar-refractivity contribution in [3.05, 3.63) is 80.4 Å². The molecule has 1 aromatic carbocycles. The lowest BCUT2D eigenvalue weighted by Gasteiger charge is -1.97. The minimum absolute atomic E-state index is 0.149. The molecular weight excluding hydrogens is 384 g/mol. The van der Waals surface area contributed by atoms with Crippen molar-refractivity contribution in [1.29, 1.82) is 0 Å². The molecule has 0 bridgehead atoms. The third-order valence-electron chi connectivity index (χ3n) is 4.20. The first-order valence-electron chi connectivity index (χ1n) is 9.52. The van der Waals surface area contributed by atoms with Crippen LogP contribution < -0.4 is 10.1 Å². The van der Waals surface area contributed by atoms with Gasteiger partial charge in [0.25, 0.3) is 5.56 Å². The van der Waals surface area contributed by atoms with Gasteiger partial charge in [-0.1, -0.05) is 67.5 Å². The number of aromatic hydroxyl groups is 2. The topological polar surface area (TPSA) is 74.8 Å². The first-order chi connectivity index (χ1) is 13.9. The zero-order valence-electron chi connectivity index (χ0n) is 16.7. The monoisotopic (exact) mass is 408 g/mol. The lowest BCUT2D eigenvalue weighted by molar-refractivity contribution is 0.403. The number of phenols is 2. The van der Waals surface area contributed by atoms with Crippen LogP contribution in [0.2, 0.25) is 0 Å². The number of nitrogens with zero attached hydrogens (tertiary/aromatic N) is 2. The summed E-state index contributed by atoms with van der Waals surface area (Å²) in [6.45, 7) is 6.33. The van der Waals surface area contributed by atoms with E-state index in [4.69, 9.17) is 0 Å². The number of aromatic nitrogens is 2. The number of hydrogen-bond donors (Lipinski definition) is 2. The first-order valence-corrected chi connectivity index (χ1v) is 10.3. The number of allylic oxidation sites excluding steroid dienone is 6. The van der Waals surface area contributed by atoms with Crippen LogP contribution in [-0.2, 0) is 0 Å². The molecule has 0 unspecified atom stereocenters. The number of imidazole rings is 1. The van der Waals surface area contributed by atoms with Gasteiger partial charge >= 0.3 is 0 Å². The predicted molar refractivity (Wildman–Crippen MR) is 119 cm³/mol. The van der Waals surface area contributed by atoms with Crippen molar-refractivity contribution in [2.45, 2.75) is 33.6 Å². The summed E-state index contributed by atoms with van der Waals surface area (Å²) >= 11 is 1.29. The maximum absolute atomic E-state index is 12.6. The highest BCUT2D eigenvalue weighted by atomic mass is 32.1. The molecule has 0 amide bonds. The van der Waals surface area contributed by atoms with Crippen molar-refractivity contribution in [3.63, 3.8) is 0 Å². The van der Waals surface area contributed by atoms with E-state index >= 15 is 0 Å². The molecule has 5 nitrogen and oxygen atoms in total. The largest absolute Gasteiger partial charge is 0.504 e. The molecule has 0 saturated heterocycles. The number of benzene rings is 1. The molecule has 1 aliphatic rings. The van der Waals surface area contributed by atoms with E-state index in [2.05, 4.69) is 37.9 Å². The molecule has 6 heteroatoms. The van der Waals surface area contributed by atoms with E-state index in [-0.39, 0.29) is 17.1 Å². The second-order valence-corrected chi connectivity index (χ2v) is 7.89. The van der Waals surface area contributed by atoms with Gasteiger partial charge in [0.15, 0.2) is 16.5 Å².